The van der Waals surface area contributed by atoms with Gasteiger partial charge in [0, 0.05) is 32.4 Å². The molecular weight excluding hydrogens is 278 g/mol. The number of benzene rings is 1. The van der Waals surface area contributed by atoms with Gasteiger partial charge in [-0.05, 0) is 36.8 Å². The number of pyridine rings is 1. The molecule has 5 nitrogen and oxygen atoms in total. The van der Waals surface area contributed by atoms with E-state index < -0.39 is 0 Å². The van der Waals surface area contributed by atoms with Gasteiger partial charge in [-0.2, -0.15) is 0 Å². The number of phenolic OH excluding ortho intramolecular Hbond substituents is 1. The maximum Gasteiger partial charge on any atom is 0.257 e. The first-order valence-corrected chi connectivity index (χ1v) is 7.40. The van der Waals surface area contributed by atoms with Gasteiger partial charge in [-0.1, -0.05) is 12.1 Å². The van der Waals surface area contributed by atoms with Crippen LogP contribution >= 0.6 is 0 Å². The normalized spacial score (nSPS) is 15.0. The Bertz CT molecular complexity index is 665. The van der Waals surface area contributed by atoms with Crippen LogP contribution in [0, 0.1) is 6.92 Å². The predicted octanol–water partition coefficient (Wildman–Crippen LogP) is 2.06. The lowest BCUT2D eigenvalue weighted by Gasteiger charge is -2.35. The maximum atomic E-state index is 12.5. The standard InChI is InChI=1S/C17H19N3O2/c1-13-5-6-14(15(21)12-13)17(22)20-10-8-19(9-11-20)16-4-2-3-7-18-16/h2-7,12,21H,8-11H2,1H3. The van der Waals surface area contributed by atoms with Crippen LogP contribution in [-0.4, -0.2) is 47.1 Å². The van der Waals surface area contributed by atoms with Crippen LogP contribution in [0.3, 0.4) is 0 Å². The van der Waals surface area contributed by atoms with E-state index in [1.54, 1.807) is 23.2 Å². The number of aryl methyl sites for hydroxylation is 1. The highest BCUT2D eigenvalue weighted by Crippen LogP contribution is 2.21. The fourth-order valence-corrected chi connectivity index (χ4v) is 2.67. The Balaban J connectivity index is 1.67. The minimum Gasteiger partial charge on any atom is -0.507 e. The zero-order chi connectivity index (χ0) is 15.5. The van der Waals surface area contributed by atoms with Crippen LogP contribution in [0.5, 0.6) is 5.75 Å². The number of rotatable bonds is 2. The van der Waals surface area contributed by atoms with Gasteiger partial charge in [0.2, 0.25) is 0 Å². The Labute approximate surface area is 129 Å². The van der Waals surface area contributed by atoms with Crippen LogP contribution in [0.4, 0.5) is 5.82 Å². The van der Waals surface area contributed by atoms with Gasteiger partial charge in [0.1, 0.15) is 11.6 Å². The Kier molecular flexibility index (Phi) is 3.96. The second-order valence-corrected chi connectivity index (χ2v) is 5.49. The highest BCUT2D eigenvalue weighted by Gasteiger charge is 2.24. The molecule has 1 aliphatic rings. The van der Waals surface area contributed by atoms with Gasteiger partial charge in [-0.15, -0.1) is 0 Å². The number of piperazine rings is 1. The van der Waals surface area contributed by atoms with Gasteiger partial charge in [0.25, 0.3) is 5.91 Å². The van der Waals surface area contributed by atoms with Crippen molar-refractivity contribution in [2.45, 2.75) is 6.92 Å². The van der Waals surface area contributed by atoms with E-state index >= 15 is 0 Å². The molecule has 0 atom stereocenters. The number of aromatic hydroxyl groups is 1. The molecule has 2 aromatic rings. The molecule has 0 aliphatic carbocycles. The van der Waals surface area contributed by atoms with E-state index in [4.69, 9.17) is 0 Å². The molecule has 1 aromatic carbocycles. The first kappa shape index (κ1) is 14.4. The van der Waals surface area contributed by atoms with Crippen molar-refractivity contribution in [1.29, 1.82) is 0 Å². The van der Waals surface area contributed by atoms with Crippen LogP contribution in [0.25, 0.3) is 0 Å². The molecule has 1 saturated heterocycles. The van der Waals surface area contributed by atoms with Crippen molar-refractivity contribution in [2.75, 3.05) is 31.1 Å². The average molecular weight is 297 g/mol. The number of amides is 1. The first-order valence-electron chi connectivity index (χ1n) is 7.40. The summed E-state index contributed by atoms with van der Waals surface area (Å²) < 4.78 is 0. The van der Waals surface area contributed by atoms with Crippen LogP contribution < -0.4 is 4.90 Å². The molecule has 1 N–H and O–H groups in total. The molecule has 1 fully saturated rings. The number of aromatic nitrogens is 1. The van der Waals surface area contributed by atoms with Crippen LogP contribution in [0.2, 0.25) is 0 Å². The van der Waals surface area contributed by atoms with Crippen molar-refractivity contribution in [3.8, 4) is 5.75 Å². The molecule has 0 spiro atoms. The van der Waals surface area contributed by atoms with Crippen molar-refractivity contribution in [3.63, 3.8) is 0 Å². The third kappa shape index (κ3) is 2.88. The molecule has 5 heteroatoms. The third-order valence-corrected chi connectivity index (χ3v) is 3.92. The Morgan fingerprint density at radius 1 is 1.14 bits per heavy atom. The van der Waals surface area contributed by atoms with E-state index in [2.05, 4.69) is 9.88 Å². The molecule has 22 heavy (non-hydrogen) atoms. The van der Waals surface area contributed by atoms with Gasteiger partial charge >= 0.3 is 0 Å². The SMILES string of the molecule is Cc1ccc(C(=O)N2CCN(c3ccccn3)CC2)c(O)c1. The molecule has 1 aromatic heterocycles. The summed E-state index contributed by atoms with van der Waals surface area (Å²) in [5.74, 6) is 0.878. The van der Waals surface area contributed by atoms with Crippen LogP contribution in [-0.2, 0) is 0 Å². The number of anilines is 1. The molecule has 0 saturated carbocycles. The van der Waals surface area contributed by atoms with Crippen molar-refractivity contribution >= 4 is 11.7 Å². The number of carbonyl (C=O) groups is 1. The summed E-state index contributed by atoms with van der Waals surface area (Å²) in [6.07, 6.45) is 1.78. The minimum absolute atomic E-state index is 0.0529. The van der Waals surface area contributed by atoms with Crippen molar-refractivity contribution in [2.24, 2.45) is 0 Å². The lowest BCUT2D eigenvalue weighted by molar-refractivity contribution is 0.0743. The highest BCUT2D eigenvalue weighted by atomic mass is 16.3. The Morgan fingerprint density at radius 2 is 1.91 bits per heavy atom. The van der Waals surface area contributed by atoms with Gasteiger partial charge in [0.15, 0.2) is 0 Å². The Morgan fingerprint density at radius 3 is 2.55 bits per heavy atom. The summed E-state index contributed by atoms with van der Waals surface area (Å²) >= 11 is 0. The average Bonchev–Trinajstić information content (AvgIpc) is 2.55. The number of nitrogens with zero attached hydrogens (tertiary/aromatic N) is 3. The summed E-state index contributed by atoms with van der Waals surface area (Å²) in [6, 6.07) is 11.0. The topological polar surface area (TPSA) is 56.7 Å². The lowest BCUT2D eigenvalue weighted by Crippen LogP contribution is -2.49. The van der Waals surface area contributed by atoms with E-state index in [1.165, 1.54) is 0 Å². The van der Waals surface area contributed by atoms with E-state index in [0.29, 0.717) is 18.7 Å². The van der Waals surface area contributed by atoms with Crippen molar-refractivity contribution < 1.29 is 9.90 Å². The van der Waals surface area contributed by atoms with Gasteiger partial charge in [-0.25, -0.2) is 4.98 Å². The van der Waals surface area contributed by atoms with Crippen LogP contribution in [0.1, 0.15) is 15.9 Å². The number of carbonyl (C=O) groups excluding carboxylic acids is 1. The summed E-state index contributed by atoms with van der Waals surface area (Å²) in [5, 5.41) is 9.95. The molecular formula is C17H19N3O2. The van der Waals surface area contributed by atoms with E-state index in [1.807, 2.05) is 31.2 Å². The van der Waals surface area contributed by atoms with Crippen molar-refractivity contribution in [3.05, 3.63) is 53.7 Å². The van der Waals surface area contributed by atoms with E-state index in [-0.39, 0.29) is 11.7 Å². The summed E-state index contributed by atoms with van der Waals surface area (Å²) in [4.78, 5) is 20.8. The summed E-state index contributed by atoms with van der Waals surface area (Å²) in [5.41, 5.74) is 1.31. The second-order valence-electron chi connectivity index (χ2n) is 5.49. The molecule has 1 amide bonds. The largest absolute Gasteiger partial charge is 0.507 e. The quantitative estimate of drug-likeness (QED) is 0.922. The fraction of sp³-hybridized carbons (Fsp3) is 0.294. The smallest absolute Gasteiger partial charge is 0.257 e. The number of phenols is 1. The van der Waals surface area contributed by atoms with Gasteiger partial charge in [0.05, 0.1) is 5.56 Å². The monoisotopic (exact) mass is 297 g/mol. The molecule has 2 heterocycles. The second kappa shape index (κ2) is 6.05. The zero-order valence-electron chi connectivity index (χ0n) is 12.6. The summed E-state index contributed by atoms with van der Waals surface area (Å²) in [6.45, 7) is 4.63. The zero-order valence-corrected chi connectivity index (χ0v) is 12.6. The van der Waals surface area contributed by atoms with Gasteiger partial charge < -0.3 is 14.9 Å². The first-order chi connectivity index (χ1) is 10.6. The number of hydrogen-bond donors (Lipinski definition) is 1. The predicted molar refractivity (Wildman–Crippen MR) is 85.2 cm³/mol. The summed E-state index contributed by atoms with van der Waals surface area (Å²) in [7, 11) is 0. The third-order valence-electron chi connectivity index (χ3n) is 3.92. The maximum absolute atomic E-state index is 12.5. The lowest BCUT2D eigenvalue weighted by atomic mass is 10.1. The number of hydrogen-bond acceptors (Lipinski definition) is 4. The van der Waals surface area contributed by atoms with Crippen molar-refractivity contribution in [1.82, 2.24) is 9.88 Å². The van der Waals surface area contributed by atoms with Gasteiger partial charge in [-0.3, -0.25) is 4.79 Å². The highest BCUT2D eigenvalue weighted by molar-refractivity contribution is 5.97. The molecule has 3 rings (SSSR count). The minimum atomic E-state index is -0.113. The molecule has 114 valence electrons. The Hall–Kier alpha value is -2.56. The van der Waals surface area contributed by atoms with E-state index in [9.17, 15) is 9.90 Å². The molecule has 0 bridgehead atoms. The molecule has 0 unspecified atom stereocenters. The van der Waals surface area contributed by atoms with E-state index in [0.717, 1.165) is 24.5 Å². The molecule has 0 radical (unpaired) electrons. The van der Waals surface area contributed by atoms with Crippen LogP contribution in [0.15, 0.2) is 42.6 Å². The fourth-order valence-electron chi connectivity index (χ4n) is 2.67. The molecule has 1 aliphatic heterocycles.